The van der Waals surface area contributed by atoms with E-state index in [1.165, 1.54) is 103 Å². The molecule has 21 heavy (non-hydrogen) atoms. The van der Waals surface area contributed by atoms with Crippen LogP contribution in [0.1, 0.15) is 123 Å². The standard InChI is InChI=1S/C21H41/c1-4-5-6-7-8-9-10-11-12-13-14-15-16-17-18-19-20-21(2)3/h2H,4-20H2,1,3H3. The van der Waals surface area contributed by atoms with Crippen LogP contribution in [-0.2, 0) is 0 Å². The maximum Gasteiger partial charge on any atom is -0.0320 e. The monoisotopic (exact) mass is 293 g/mol. The van der Waals surface area contributed by atoms with E-state index in [1.54, 1.807) is 0 Å². The summed E-state index contributed by atoms with van der Waals surface area (Å²) in [6.07, 6.45) is 24.1. The van der Waals surface area contributed by atoms with Gasteiger partial charge >= 0.3 is 0 Å². The molecule has 0 aromatic carbocycles. The van der Waals surface area contributed by atoms with Crippen molar-refractivity contribution in [2.75, 3.05) is 0 Å². The van der Waals surface area contributed by atoms with Crippen molar-refractivity contribution in [1.82, 2.24) is 0 Å². The molecule has 0 spiro atoms. The van der Waals surface area contributed by atoms with Crippen molar-refractivity contribution in [2.24, 2.45) is 0 Å². The zero-order valence-corrected chi connectivity index (χ0v) is 15.1. The SMILES string of the molecule is [CH]=C(C)CCCCCCCCCCCCCCCCCC. The number of rotatable bonds is 17. The van der Waals surface area contributed by atoms with Gasteiger partial charge in [0.05, 0.1) is 0 Å². The van der Waals surface area contributed by atoms with Gasteiger partial charge in [0.25, 0.3) is 0 Å². The highest BCUT2D eigenvalue weighted by Crippen LogP contribution is 2.14. The molecule has 0 saturated heterocycles. The van der Waals surface area contributed by atoms with Crippen LogP contribution in [0.3, 0.4) is 0 Å². The Morgan fingerprint density at radius 3 is 1.10 bits per heavy atom. The lowest BCUT2D eigenvalue weighted by molar-refractivity contribution is 0.529. The Morgan fingerprint density at radius 1 is 0.524 bits per heavy atom. The average molecular weight is 294 g/mol. The van der Waals surface area contributed by atoms with Gasteiger partial charge in [0, 0.05) is 0 Å². The Labute approximate surface area is 135 Å². The molecular formula is C21H41. The van der Waals surface area contributed by atoms with Gasteiger partial charge in [-0.25, -0.2) is 0 Å². The van der Waals surface area contributed by atoms with Crippen LogP contribution in [-0.4, -0.2) is 0 Å². The molecule has 0 bridgehead atoms. The van der Waals surface area contributed by atoms with Gasteiger partial charge in [-0.3, -0.25) is 0 Å². The van der Waals surface area contributed by atoms with Gasteiger partial charge in [-0.15, -0.1) is 0 Å². The van der Waals surface area contributed by atoms with Crippen LogP contribution >= 0.6 is 0 Å². The largest absolute Gasteiger partial charge is 0.0733 e. The fraction of sp³-hybridized carbons (Fsp3) is 0.905. The van der Waals surface area contributed by atoms with Crippen molar-refractivity contribution in [2.45, 2.75) is 123 Å². The highest BCUT2D eigenvalue weighted by molar-refractivity contribution is 4.83. The van der Waals surface area contributed by atoms with Crippen molar-refractivity contribution in [3.63, 3.8) is 0 Å². The second-order valence-corrected chi connectivity index (χ2v) is 6.90. The summed E-state index contributed by atoms with van der Waals surface area (Å²) in [7, 11) is 0. The molecule has 0 fully saturated rings. The maximum absolute atomic E-state index is 5.67. The fourth-order valence-electron chi connectivity index (χ4n) is 2.95. The van der Waals surface area contributed by atoms with Crippen molar-refractivity contribution in [1.29, 1.82) is 0 Å². The lowest BCUT2D eigenvalue weighted by Gasteiger charge is -2.03. The van der Waals surface area contributed by atoms with E-state index in [2.05, 4.69) is 6.92 Å². The molecule has 0 aromatic heterocycles. The van der Waals surface area contributed by atoms with E-state index in [9.17, 15) is 0 Å². The Kier molecular flexibility index (Phi) is 17.6. The molecule has 0 aliphatic rings. The van der Waals surface area contributed by atoms with Crippen molar-refractivity contribution < 1.29 is 0 Å². The molecule has 1 radical (unpaired) electrons. The Hall–Kier alpha value is -0.260. The maximum atomic E-state index is 5.67. The zero-order chi connectivity index (χ0) is 15.6. The molecule has 0 rings (SSSR count). The number of hydrogen-bond acceptors (Lipinski definition) is 0. The summed E-state index contributed by atoms with van der Waals surface area (Å²) in [5.41, 5.74) is 1.10. The Morgan fingerprint density at radius 2 is 0.810 bits per heavy atom. The third kappa shape index (κ3) is 19.7. The summed E-state index contributed by atoms with van der Waals surface area (Å²) in [4.78, 5) is 0. The van der Waals surface area contributed by atoms with Crippen LogP contribution in [0.2, 0.25) is 0 Å². The summed E-state index contributed by atoms with van der Waals surface area (Å²) in [5.74, 6) is 0. The van der Waals surface area contributed by atoms with Crippen molar-refractivity contribution in [3.8, 4) is 0 Å². The molecule has 0 amide bonds. The topological polar surface area (TPSA) is 0 Å². The molecule has 0 N–H and O–H groups in total. The molecule has 0 atom stereocenters. The van der Waals surface area contributed by atoms with Crippen LogP contribution in [0.4, 0.5) is 0 Å². The predicted octanol–water partition coefficient (Wildman–Crippen LogP) is 8.02. The van der Waals surface area contributed by atoms with Crippen LogP contribution < -0.4 is 0 Å². The molecule has 0 nitrogen and oxygen atoms in total. The fourth-order valence-corrected chi connectivity index (χ4v) is 2.95. The van der Waals surface area contributed by atoms with E-state index in [0.29, 0.717) is 0 Å². The normalized spacial score (nSPS) is 11.0. The second kappa shape index (κ2) is 17.8. The zero-order valence-electron chi connectivity index (χ0n) is 15.1. The minimum Gasteiger partial charge on any atom is -0.0733 e. The lowest BCUT2D eigenvalue weighted by atomic mass is 10.0. The number of hydrogen-bond donors (Lipinski definition) is 0. The van der Waals surface area contributed by atoms with E-state index in [0.717, 1.165) is 12.0 Å². The third-order valence-electron chi connectivity index (χ3n) is 4.42. The molecule has 0 aromatic rings. The first-order chi connectivity index (χ1) is 10.3. The summed E-state index contributed by atoms with van der Waals surface area (Å²) < 4.78 is 0. The molecule has 0 heteroatoms. The first-order valence-electron chi connectivity index (χ1n) is 9.85. The van der Waals surface area contributed by atoms with E-state index < -0.39 is 0 Å². The summed E-state index contributed by atoms with van der Waals surface area (Å²) in [6.45, 7) is 9.99. The highest BCUT2D eigenvalue weighted by Gasteiger charge is 1.94. The van der Waals surface area contributed by atoms with Crippen LogP contribution in [0, 0.1) is 6.58 Å². The Bertz CT molecular complexity index is 204. The molecule has 0 aliphatic carbocycles. The summed E-state index contributed by atoms with van der Waals surface area (Å²) >= 11 is 0. The minimum atomic E-state index is 1.10. The van der Waals surface area contributed by atoms with Crippen LogP contribution in [0.5, 0.6) is 0 Å². The quantitative estimate of drug-likeness (QED) is 0.238. The van der Waals surface area contributed by atoms with Gasteiger partial charge in [-0.1, -0.05) is 115 Å². The molecule has 0 heterocycles. The molecule has 0 aliphatic heterocycles. The summed E-state index contributed by atoms with van der Waals surface area (Å²) in [6, 6.07) is 0. The van der Waals surface area contributed by atoms with E-state index in [4.69, 9.17) is 6.58 Å². The van der Waals surface area contributed by atoms with Gasteiger partial charge in [-0.05, 0) is 19.8 Å². The number of unbranched alkanes of at least 4 members (excludes halogenated alkanes) is 15. The van der Waals surface area contributed by atoms with E-state index >= 15 is 0 Å². The van der Waals surface area contributed by atoms with Gasteiger partial charge in [0.15, 0.2) is 0 Å². The highest BCUT2D eigenvalue weighted by atomic mass is 14.0. The van der Waals surface area contributed by atoms with E-state index in [-0.39, 0.29) is 0 Å². The van der Waals surface area contributed by atoms with E-state index in [1.807, 2.05) is 6.92 Å². The lowest BCUT2D eigenvalue weighted by Crippen LogP contribution is -1.84. The first kappa shape index (κ1) is 20.7. The van der Waals surface area contributed by atoms with Gasteiger partial charge in [0.1, 0.15) is 0 Å². The molecule has 0 unspecified atom stereocenters. The second-order valence-electron chi connectivity index (χ2n) is 6.90. The summed E-state index contributed by atoms with van der Waals surface area (Å²) in [5, 5.41) is 0. The Balaban J connectivity index is 2.95. The smallest absolute Gasteiger partial charge is 0.0320 e. The van der Waals surface area contributed by atoms with Crippen LogP contribution in [0.15, 0.2) is 5.57 Å². The van der Waals surface area contributed by atoms with Gasteiger partial charge < -0.3 is 0 Å². The predicted molar refractivity (Wildman–Crippen MR) is 97.7 cm³/mol. The van der Waals surface area contributed by atoms with Crippen LogP contribution in [0.25, 0.3) is 0 Å². The average Bonchev–Trinajstić information content (AvgIpc) is 2.46. The molecular weight excluding hydrogens is 252 g/mol. The van der Waals surface area contributed by atoms with Crippen molar-refractivity contribution in [3.05, 3.63) is 12.2 Å². The van der Waals surface area contributed by atoms with Crippen molar-refractivity contribution >= 4 is 0 Å². The number of allylic oxidation sites excluding steroid dienone is 1. The minimum absolute atomic E-state index is 1.10. The first-order valence-corrected chi connectivity index (χ1v) is 9.85. The third-order valence-corrected chi connectivity index (χ3v) is 4.42. The molecule has 0 saturated carbocycles. The van der Waals surface area contributed by atoms with Gasteiger partial charge in [-0.2, -0.15) is 0 Å². The van der Waals surface area contributed by atoms with Gasteiger partial charge in [0.2, 0.25) is 0 Å². The molecule has 125 valence electrons.